The van der Waals surface area contributed by atoms with Crippen LogP contribution in [0.3, 0.4) is 0 Å². The van der Waals surface area contributed by atoms with Gasteiger partial charge in [-0.3, -0.25) is 23.5 Å². The summed E-state index contributed by atoms with van der Waals surface area (Å²) >= 11 is 0. The maximum Gasteiger partial charge on any atom is 0.331 e. The third-order valence-electron chi connectivity index (χ3n) is 3.83. The van der Waals surface area contributed by atoms with Gasteiger partial charge in [-0.1, -0.05) is 0 Å². The first-order chi connectivity index (χ1) is 10.2. The summed E-state index contributed by atoms with van der Waals surface area (Å²) in [6, 6.07) is 1.10. The van der Waals surface area contributed by atoms with Crippen LogP contribution in [-0.2, 0) is 23.6 Å². The number of rotatable bonds is 2. The average molecular weight is 310 g/mol. The fourth-order valence-corrected chi connectivity index (χ4v) is 2.29. The van der Waals surface area contributed by atoms with Crippen molar-refractivity contribution in [3.05, 3.63) is 32.6 Å². The summed E-state index contributed by atoms with van der Waals surface area (Å²) < 4.78 is 7.34. The van der Waals surface area contributed by atoms with E-state index in [-0.39, 0.29) is 25.4 Å². The SMILES string of the molecule is Cn1c(C(=O)N2CCOC(C)(C(N)=O)C2)cc(=O)n(C)c1=O. The molecule has 0 radical (unpaired) electrons. The van der Waals surface area contributed by atoms with E-state index in [1.807, 2.05) is 0 Å². The number of morpholine rings is 1. The topological polar surface area (TPSA) is 117 Å². The quantitative estimate of drug-likeness (QED) is 0.665. The highest BCUT2D eigenvalue weighted by atomic mass is 16.5. The Morgan fingerprint density at radius 1 is 1.27 bits per heavy atom. The third kappa shape index (κ3) is 2.54. The summed E-state index contributed by atoms with van der Waals surface area (Å²) in [5, 5.41) is 0. The number of hydrogen-bond acceptors (Lipinski definition) is 5. The van der Waals surface area contributed by atoms with Crippen molar-refractivity contribution in [1.29, 1.82) is 0 Å². The Kier molecular flexibility index (Phi) is 3.92. The van der Waals surface area contributed by atoms with E-state index in [9.17, 15) is 19.2 Å². The predicted octanol–water partition coefficient (Wildman–Crippen LogP) is -2.20. The highest BCUT2D eigenvalue weighted by molar-refractivity contribution is 5.93. The van der Waals surface area contributed by atoms with Crippen molar-refractivity contribution in [2.75, 3.05) is 19.7 Å². The molecule has 0 saturated carbocycles. The van der Waals surface area contributed by atoms with Crippen LogP contribution in [-0.4, -0.2) is 51.1 Å². The van der Waals surface area contributed by atoms with Crippen LogP contribution in [0.15, 0.2) is 15.7 Å². The van der Waals surface area contributed by atoms with Gasteiger partial charge in [0.15, 0.2) is 5.60 Å². The molecule has 1 fully saturated rings. The van der Waals surface area contributed by atoms with Crippen LogP contribution in [0.25, 0.3) is 0 Å². The standard InChI is InChI=1S/C13H18N4O5/c1-13(11(14)20)7-17(4-5-22-13)10(19)8-6-9(18)16(3)12(21)15(8)2/h6H,4-5,7H2,1-3H3,(H2,14,20). The summed E-state index contributed by atoms with van der Waals surface area (Å²) in [6.07, 6.45) is 0. The molecule has 120 valence electrons. The minimum absolute atomic E-state index is 0.0371. The molecule has 22 heavy (non-hydrogen) atoms. The zero-order valence-corrected chi connectivity index (χ0v) is 12.7. The number of ether oxygens (including phenoxy) is 1. The molecule has 0 aliphatic carbocycles. The Hall–Kier alpha value is -2.42. The molecule has 1 atom stereocenters. The number of amides is 2. The first-order valence-corrected chi connectivity index (χ1v) is 6.67. The van der Waals surface area contributed by atoms with Crippen LogP contribution in [0.1, 0.15) is 17.4 Å². The number of carbonyl (C=O) groups excluding carboxylic acids is 2. The van der Waals surface area contributed by atoms with Crippen LogP contribution in [0.5, 0.6) is 0 Å². The minimum atomic E-state index is -1.29. The lowest BCUT2D eigenvalue weighted by Gasteiger charge is -2.38. The van der Waals surface area contributed by atoms with E-state index in [0.717, 1.165) is 15.2 Å². The Bertz CT molecular complexity index is 750. The monoisotopic (exact) mass is 310 g/mol. The van der Waals surface area contributed by atoms with Gasteiger partial charge in [0, 0.05) is 26.7 Å². The molecule has 1 aliphatic rings. The van der Waals surface area contributed by atoms with Gasteiger partial charge in [0.1, 0.15) is 5.69 Å². The van der Waals surface area contributed by atoms with Crippen LogP contribution < -0.4 is 17.0 Å². The maximum absolute atomic E-state index is 12.6. The summed E-state index contributed by atoms with van der Waals surface area (Å²) in [6.45, 7) is 1.84. The molecule has 0 bridgehead atoms. The number of carbonyl (C=O) groups is 2. The lowest BCUT2D eigenvalue weighted by molar-refractivity contribution is -0.150. The average Bonchev–Trinajstić information content (AvgIpc) is 2.48. The minimum Gasteiger partial charge on any atom is -0.367 e. The van der Waals surface area contributed by atoms with Gasteiger partial charge in [0.2, 0.25) is 0 Å². The fourth-order valence-electron chi connectivity index (χ4n) is 2.29. The van der Waals surface area contributed by atoms with E-state index in [4.69, 9.17) is 10.5 Å². The van der Waals surface area contributed by atoms with Gasteiger partial charge in [0.25, 0.3) is 17.4 Å². The van der Waals surface area contributed by atoms with Crippen molar-refractivity contribution in [3.63, 3.8) is 0 Å². The van der Waals surface area contributed by atoms with E-state index < -0.39 is 28.7 Å². The Labute approximate surface area is 125 Å². The molecule has 1 aromatic heterocycles. The summed E-state index contributed by atoms with van der Waals surface area (Å²) in [7, 11) is 2.74. The molecule has 9 nitrogen and oxygen atoms in total. The molecule has 1 aliphatic heterocycles. The molecule has 2 rings (SSSR count). The molecular formula is C13H18N4O5. The molecule has 1 saturated heterocycles. The Morgan fingerprint density at radius 2 is 1.91 bits per heavy atom. The second-order valence-electron chi connectivity index (χ2n) is 5.44. The third-order valence-corrected chi connectivity index (χ3v) is 3.83. The van der Waals surface area contributed by atoms with Gasteiger partial charge in [-0.2, -0.15) is 0 Å². The number of hydrogen-bond donors (Lipinski definition) is 1. The first-order valence-electron chi connectivity index (χ1n) is 6.67. The van der Waals surface area contributed by atoms with Crippen LogP contribution >= 0.6 is 0 Å². The molecule has 0 aromatic carbocycles. The van der Waals surface area contributed by atoms with Gasteiger partial charge in [0.05, 0.1) is 13.2 Å². The normalized spacial score (nSPS) is 21.7. The molecule has 2 amide bonds. The Balaban J connectivity index is 2.39. The first kappa shape index (κ1) is 16.0. The number of nitrogens with zero attached hydrogens (tertiary/aromatic N) is 3. The molecule has 1 unspecified atom stereocenters. The van der Waals surface area contributed by atoms with Crippen LogP contribution in [0.4, 0.5) is 0 Å². The lowest BCUT2D eigenvalue weighted by Crippen LogP contribution is -2.58. The zero-order chi connectivity index (χ0) is 16.7. The van der Waals surface area contributed by atoms with E-state index >= 15 is 0 Å². The van der Waals surface area contributed by atoms with Crippen molar-refractivity contribution >= 4 is 11.8 Å². The summed E-state index contributed by atoms with van der Waals surface area (Å²) in [5.41, 5.74) is 2.80. The largest absolute Gasteiger partial charge is 0.367 e. The van der Waals surface area contributed by atoms with Crippen molar-refractivity contribution < 1.29 is 14.3 Å². The van der Waals surface area contributed by atoms with Crippen molar-refractivity contribution in [2.45, 2.75) is 12.5 Å². The van der Waals surface area contributed by atoms with E-state index in [1.54, 1.807) is 0 Å². The fraction of sp³-hybridized carbons (Fsp3) is 0.538. The highest BCUT2D eigenvalue weighted by Crippen LogP contribution is 2.18. The molecule has 2 heterocycles. The number of aromatic nitrogens is 2. The summed E-state index contributed by atoms with van der Waals surface area (Å²) in [4.78, 5) is 49.0. The van der Waals surface area contributed by atoms with Crippen LogP contribution in [0, 0.1) is 0 Å². The van der Waals surface area contributed by atoms with E-state index in [0.29, 0.717) is 0 Å². The van der Waals surface area contributed by atoms with E-state index in [1.165, 1.54) is 25.9 Å². The number of nitrogens with two attached hydrogens (primary N) is 1. The van der Waals surface area contributed by atoms with E-state index in [2.05, 4.69) is 0 Å². The molecule has 9 heteroatoms. The maximum atomic E-state index is 12.6. The van der Waals surface area contributed by atoms with Gasteiger partial charge >= 0.3 is 5.69 Å². The second-order valence-corrected chi connectivity index (χ2v) is 5.44. The predicted molar refractivity (Wildman–Crippen MR) is 76.4 cm³/mol. The molecular weight excluding hydrogens is 292 g/mol. The van der Waals surface area contributed by atoms with Gasteiger partial charge < -0.3 is 15.4 Å². The summed E-state index contributed by atoms with van der Waals surface area (Å²) in [5.74, 6) is -1.20. The van der Waals surface area contributed by atoms with Crippen molar-refractivity contribution in [2.24, 2.45) is 19.8 Å². The molecule has 0 spiro atoms. The second kappa shape index (κ2) is 5.41. The molecule has 2 N–H and O–H groups in total. The number of primary amides is 1. The molecule has 1 aromatic rings. The van der Waals surface area contributed by atoms with Crippen molar-refractivity contribution in [3.8, 4) is 0 Å². The Morgan fingerprint density at radius 3 is 2.50 bits per heavy atom. The van der Waals surface area contributed by atoms with Gasteiger partial charge in [-0.25, -0.2) is 4.79 Å². The van der Waals surface area contributed by atoms with Gasteiger partial charge in [-0.15, -0.1) is 0 Å². The van der Waals surface area contributed by atoms with Crippen LogP contribution in [0.2, 0.25) is 0 Å². The highest BCUT2D eigenvalue weighted by Gasteiger charge is 2.39. The van der Waals surface area contributed by atoms with Gasteiger partial charge in [-0.05, 0) is 6.92 Å². The zero-order valence-electron chi connectivity index (χ0n) is 12.7. The smallest absolute Gasteiger partial charge is 0.331 e. The lowest BCUT2D eigenvalue weighted by atomic mass is 10.0. The van der Waals surface area contributed by atoms with Crippen molar-refractivity contribution in [1.82, 2.24) is 14.0 Å².